The highest BCUT2D eigenvalue weighted by Crippen LogP contribution is 2.31. The zero-order chi connectivity index (χ0) is 32.2. The number of hydrogen-bond donors (Lipinski definition) is 1. The maximum absolute atomic E-state index is 13.9. The van der Waals surface area contributed by atoms with Crippen LogP contribution in [0.2, 0.25) is 0 Å². The van der Waals surface area contributed by atoms with Gasteiger partial charge in [0, 0.05) is 18.7 Å². The number of carbonyl (C=O) groups excluding carboxylic acids is 2. The number of thioether (sulfide) groups is 1. The molecule has 4 rings (SSSR count). The molecule has 0 bridgehead atoms. The quantitative estimate of drug-likeness (QED) is 0.174. The van der Waals surface area contributed by atoms with Crippen molar-refractivity contribution in [2.75, 3.05) is 25.7 Å². The van der Waals surface area contributed by atoms with Gasteiger partial charge in [-0.15, -0.1) is 0 Å². The number of amides is 1. The number of sulfonamides is 1. The maximum atomic E-state index is 13.9. The van der Waals surface area contributed by atoms with E-state index in [0.717, 1.165) is 29.5 Å². The van der Waals surface area contributed by atoms with Crippen LogP contribution in [0.15, 0.2) is 77.7 Å². The van der Waals surface area contributed by atoms with Crippen LogP contribution in [0.3, 0.4) is 0 Å². The monoisotopic (exact) mass is 650 g/mol. The number of carbonyl (C=O) groups is 2. The Morgan fingerprint density at radius 1 is 0.978 bits per heavy atom. The van der Waals surface area contributed by atoms with Gasteiger partial charge in [0.05, 0.1) is 12.0 Å². The molecule has 1 aliphatic rings. The van der Waals surface area contributed by atoms with Crippen molar-refractivity contribution in [1.29, 1.82) is 0 Å². The molecule has 0 radical (unpaired) electrons. The van der Waals surface area contributed by atoms with E-state index in [1.54, 1.807) is 46.4 Å². The van der Waals surface area contributed by atoms with Crippen LogP contribution in [0, 0.1) is 12.8 Å². The van der Waals surface area contributed by atoms with Gasteiger partial charge in [-0.25, -0.2) is 13.2 Å². The molecular weight excluding hydrogens is 605 g/mol. The summed E-state index contributed by atoms with van der Waals surface area (Å²) in [5, 5.41) is 2.88. The van der Waals surface area contributed by atoms with E-state index in [9.17, 15) is 18.0 Å². The summed E-state index contributed by atoms with van der Waals surface area (Å²) >= 11 is 1.59. The van der Waals surface area contributed by atoms with Crippen LogP contribution in [0.4, 0.5) is 0 Å². The van der Waals surface area contributed by atoms with Gasteiger partial charge in [-0.1, -0.05) is 80.6 Å². The van der Waals surface area contributed by atoms with Gasteiger partial charge in [0.2, 0.25) is 10.0 Å². The zero-order valence-electron chi connectivity index (χ0n) is 26.7. The van der Waals surface area contributed by atoms with Gasteiger partial charge in [-0.2, -0.15) is 16.1 Å². The lowest BCUT2D eigenvalue weighted by atomic mass is 9.86. The summed E-state index contributed by atoms with van der Waals surface area (Å²) < 4.78 is 34.4. The van der Waals surface area contributed by atoms with Crippen LogP contribution in [-0.2, 0) is 26.1 Å². The molecule has 1 unspecified atom stereocenters. The van der Waals surface area contributed by atoms with Crippen molar-refractivity contribution in [1.82, 2.24) is 9.62 Å². The third-order valence-corrected chi connectivity index (χ3v) is 11.2. The Kier molecular flexibility index (Phi) is 13.1. The van der Waals surface area contributed by atoms with Gasteiger partial charge >= 0.3 is 5.97 Å². The molecule has 1 fully saturated rings. The molecule has 242 valence electrons. The molecule has 0 heterocycles. The molecule has 1 atom stereocenters. The van der Waals surface area contributed by atoms with Gasteiger partial charge in [0.25, 0.3) is 5.91 Å². The Bertz CT molecular complexity index is 1520. The highest BCUT2D eigenvalue weighted by molar-refractivity contribution is 7.98. The van der Waals surface area contributed by atoms with Crippen molar-refractivity contribution in [2.24, 2.45) is 5.92 Å². The summed E-state index contributed by atoms with van der Waals surface area (Å²) in [5.74, 6) is 0.491. The Morgan fingerprint density at radius 2 is 1.69 bits per heavy atom. The average molecular weight is 651 g/mol. The van der Waals surface area contributed by atoms with E-state index in [2.05, 4.69) is 5.32 Å². The standard InChI is InChI=1S/C36H46N2O5S2/c1-27-13-10-11-19-31(27)33-25-29(20-21-32(33)35(39)37-34(22-24-44-3)36(40)43-2)26-38(23-12-16-28-14-6-4-7-15-28)45(41,42)30-17-8-5-9-18-30/h5,8-11,13,17-21,25,28,34H,4,6-7,12,14-16,22-24,26H2,1-3H3,(H,37,39). The molecule has 1 amide bonds. The van der Waals surface area contributed by atoms with Crippen molar-refractivity contribution < 1.29 is 22.7 Å². The molecule has 1 saturated carbocycles. The van der Waals surface area contributed by atoms with Gasteiger partial charge < -0.3 is 10.1 Å². The first-order valence-corrected chi connectivity index (χ1v) is 18.7. The van der Waals surface area contributed by atoms with Crippen LogP contribution < -0.4 is 5.32 Å². The summed E-state index contributed by atoms with van der Waals surface area (Å²) in [5.41, 5.74) is 3.75. The van der Waals surface area contributed by atoms with Gasteiger partial charge in [-0.3, -0.25) is 4.79 Å². The molecule has 1 aliphatic carbocycles. The summed E-state index contributed by atoms with van der Waals surface area (Å²) in [4.78, 5) is 26.4. The second kappa shape index (κ2) is 17.0. The normalized spacial score (nSPS) is 14.7. The van der Waals surface area contributed by atoms with E-state index < -0.39 is 22.0 Å². The molecule has 3 aromatic rings. The predicted molar refractivity (Wildman–Crippen MR) is 183 cm³/mol. The number of esters is 1. The summed E-state index contributed by atoms with van der Waals surface area (Å²) in [6.45, 7) is 2.59. The minimum absolute atomic E-state index is 0.182. The lowest BCUT2D eigenvalue weighted by molar-refractivity contribution is -0.142. The fourth-order valence-corrected chi connectivity index (χ4v) is 8.07. The summed E-state index contributed by atoms with van der Waals surface area (Å²) in [6.07, 6.45) is 10.5. The van der Waals surface area contributed by atoms with E-state index in [-0.39, 0.29) is 17.3 Å². The van der Waals surface area contributed by atoms with Gasteiger partial charge in [0.1, 0.15) is 6.04 Å². The molecular formula is C36H46N2O5S2. The van der Waals surface area contributed by atoms with Gasteiger partial charge in [-0.05, 0) is 90.6 Å². The molecule has 0 aliphatic heterocycles. The highest BCUT2D eigenvalue weighted by Gasteiger charge is 2.27. The lowest BCUT2D eigenvalue weighted by Crippen LogP contribution is -2.42. The Labute approximate surface area is 273 Å². The Hall–Kier alpha value is -3.14. The van der Waals surface area contributed by atoms with Crippen molar-refractivity contribution in [3.05, 3.63) is 89.5 Å². The lowest BCUT2D eigenvalue weighted by Gasteiger charge is -2.26. The first kappa shape index (κ1) is 34.7. The zero-order valence-corrected chi connectivity index (χ0v) is 28.3. The van der Waals surface area contributed by atoms with E-state index in [0.29, 0.717) is 35.8 Å². The van der Waals surface area contributed by atoms with Crippen LogP contribution in [0.25, 0.3) is 11.1 Å². The van der Waals surface area contributed by atoms with Crippen molar-refractivity contribution in [2.45, 2.75) is 75.8 Å². The fraction of sp³-hybridized carbons (Fsp3) is 0.444. The van der Waals surface area contributed by atoms with Crippen molar-refractivity contribution in [3.8, 4) is 11.1 Å². The minimum atomic E-state index is -3.75. The van der Waals surface area contributed by atoms with Crippen molar-refractivity contribution in [3.63, 3.8) is 0 Å². The first-order valence-electron chi connectivity index (χ1n) is 15.9. The molecule has 45 heavy (non-hydrogen) atoms. The number of aryl methyl sites for hydroxylation is 1. The number of nitrogens with one attached hydrogen (secondary N) is 1. The van der Waals surface area contributed by atoms with Crippen LogP contribution >= 0.6 is 11.8 Å². The molecule has 3 aromatic carbocycles. The molecule has 0 aromatic heterocycles. The molecule has 1 N–H and O–H groups in total. The third-order valence-electron chi connectivity index (χ3n) is 8.65. The molecule has 0 saturated heterocycles. The van der Waals surface area contributed by atoms with Crippen molar-refractivity contribution >= 4 is 33.7 Å². The molecule has 9 heteroatoms. The molecule has 0 spiro atoms. The Balaban J connectivity index is 1.66. The van der Waals surface area contributed by atoms with Gasteiger partial charge in [0.15, 0.2) is 0 Å². The summed E-state index contributed by atoms with van der Waals surface area (Å²) in [7, 11) is -2.43. The Morgan fingerprint density at radius 3 is 2.38 bits per heavy atom. The minimum Gasteiger partial charge on any atom is -0.467 e. The van der Waals surface area contributed by atoms with E-state index in [4.69, 9.17) is 4.74 Å². The number of benzene rings is 3. The smallest absolute Gasteiger partial charge is 0.328 e. The second-order valence-corrected chi connectivity index (χ2v) is 14.7. The third kappa shape index (κ3) is 9.44. The maximum Gasteiger partial charge on any atom is 0.328 e. The number of hydrogen-bond acceptors (Lipinski definition) is 6. The SMILES string of the molecule is COC(=O)C(CCSC)NC(=O)c1ccc(CN(CCCC2CCCCC2)S(=O)(=O)c2ccccc2)cc1-c1ccccc1C. The number of methoxy groups -OCH3 is 1. The number of ether oxygens (including phenoxy) is 1. The van der Waals surface area contributed by atoms with Crippen LogP contribution in [0.1, 0.15) is 72.9 Å². The van der Waals surface area contributed by atoms with Crippen LogP contribution in [-0.4, -0.2) is 56.3 Å². The van der Waals surface area contributed by atoms with E-state index >= 15 is 0 Å². The van der Waals surface area contributed by atoms with E-state index in [1.807, 2.05) is 55.6 Å². The first-order chi connectivity index (χ1) is 21.7. The largest absolute Gasteiger partial charge is 0.467 e. The highest BCUT2D eigenvalue weighted by atomic mass is 32.2. The molecule has 7 nitrogen and oxygen atoms in total. The van der Waals surface area contributed by atoms with Crippen LogP contribution in [0.5, 0.6) is 0 Å². The fourth-order valence-electron chi connectivity index (χ4n) is 6.11. The second-order valence-electron chi connectivity index (χ2n) is 11.8. The number of nitrogens with zero attached hydrogens (tertiary/aromatic N) is 1. The average Bonchev–Trinajstić information content (AvgIpc) is 3.06. The number of rotatable bonds is 15. The van der Waals surface area contributed by atoms with E-state index in [1.165, 1.54) is 39.2 Å². The summed E-state index contributed by atoms with van der Waals surface area (Å²) in [6, 6.07) is 21.1. The topological polar surface area (TPSA) is 92.8 Å². The predicted octanol–water partition coefficient (Wildman–Crippen LogP) is 7.24.